The maximum atomic E-state index is 9.21. The number of aliphatic hydroxyl groups excluding tert-OH is 1. The van der Waals surface area contributed by atoms with Gasteiger partial charge in [0.05, 0.1) is 13.2 Å². The molecule has 1 N–H and O–H groups in total. The number of benzene rings is 1. The number of unbranched alkanes of at least 4 members (excludes halogenated alkanes) is 2. The zero-order valence-electron chi connectivity index (χ0n) is 13.9. The van der Waals surface area contributed by atoms with Gasteiger partial charge in [-0.25, -0.2) is 0 Å². The van der Waals surface area contributed by atoms with E-state index in [0.29, 0.717) is 30.6 Å². The summed E-state index contributed by atoms with van der Waals surface area (Å²) in [6, 6.07) is 5.58. The molecule has 0 aliphatic carbocycles. The summed E-state index contributed by atoms with van der Waals surface area (Å²) in [5.41, 5.74) is 0.828. The molecule has 0 radical (unpaired) electrons. The van der Waals surface area contributed by atoms with Gasteiger partial charge in [0, 0.05) is 12.1 Å². The maximum Gasteiger partial charge on any atom is 0.241 e. The Labute approximate surface area is 141 Å². The summed E-state index contributed by atoms with van der Waals surface area (Å²) < 4.78 is 16.0. The van der Waals surface area contributed by atoms with E-state index in [1.807, 2.05) is 18.2 Å². The third-order valence-corrected chi connectivity index (χ3v) is 3.95. The van der Waals surface area contributed by atoms with Crippen molar-refractivity contribution in [3.63, 3.8) is 0 Å². The van der Waals surface area contributed by atoms with E-state index in [4.69, 9.17) is 14.0 Å². The van der Waals surface area contributed by atoms with Crippen molar-refractivity contribution < 1.29 is 19.1 Å². The predicted octanol–water partition coefficient (Wildman–Crippen LogP) is 2.45. The van der Waals surface area contributed by atoms with Gasteiger partial charge in [-0.05, 0) is 31.2 Å². The fraction of sp³-hybridized carbons (Fsp3) is 0.529. The molecule has 7 nitrogen and oxygen atoms in total. The smallest absolute Gasteiger partial charge is 0.241 e. The number of aromatic nitrogens is 2. The number of hydrogen-bond donors (Lipinski definition) is 1. The molecule has 0 atom stereocenters. The predicted molar refractivity (Wildman–Crippen MR) is 87.7 cm³/mol. The van der Waals surface area contributed by atoms with Crippen LogP contribution in [0, 0.1) is 0 Å². The Bertz CT molecular complexity index is 659. The van der Waals surface area contributed by atoms with Crippen LogP contribution in [0.4, 0.5) is 0 Å². The Kier molecular flexibility index (Phi) is 5.66. The third kappa shape index (κ3) is 4.04. The topological polar surface area (TPSA) is 80.9 Å². The van der Waals surface area contributed by atoms with E-state index in [1.54, 1.807) is 0 Å². The van der Waals surface area contributed by atoms with Crippen LogP contribution in [0.1, 0.15) is 32.1 Å². The number of hydrogen-bond acceptors (Lipinski definition) is 7. The second kappa shape index (κ2) is 8.12. The average molecular weight is 333 g/mol. The van der Waals surface area contributed by atoms with Gasteiger partial charge in [0.15, 0.2) is 11.5 Å². The van der Waals surface area contributed by atoms with Crippen molar-refractivity contribution in [3.05, 3.63) is 24.1 Å². The highest BCUT2D eigenvalue weighted by molar-refractivity contribution is 5.61. The summed E-state index contributed by atoms with van der Waals surface area (Å²) in [5, 5.41) is 13.3. The van der Waals surface area contributed by atoms with Gasteiger partial charge < -0.3 is 19.1 Å². The number of nitrogens with zero attached hydrogens (tertiary/aromatic N) is 3. The molecule has 7 heteroatoms. The monoisotopic (exact) mass is 333 g/mol. The van der Waals surface area contributed by atoms with E-state index in [2.05, 4.69) is 22.0 Å². The molecule has 0 unspecified atom stereocenters. The molecule has 0 amide bonds. The summed E-state index contributed by atoms with van der Waals surface area (Å²) in [4.78, 5) is 6.59. The first-order valence-corrected chi connectivity index (χ1v) is 8.36. The summed E-state index contributed by atoms with van der Waals surface area (Å²) in [5.74, 6) is 2.50. The number of rotatable bonds is 9. The number of aliphatic hydroxyl groups is 1. The lowest BCUT2D eigenvalue weighted by molar-refractivity contribution is 0.171. The van der Waals surface area contributed by atoms with Gasteiger partial charge in [-0.15, -0.1) is 0 Å². The van der Waals surface area contributed by atoms with Gasteiger partial charge in [-0.2, -0.15) is 4.98 Å². The molecule has 1 aliphatic rings. The molecule has 0 saturated heterocycles. The molecule has 24 heavy (non-hydrogen) atoms. The maximum absolute atomic E-state index is 9.21. The fourth-order valence-electron chi connectivity index (χ4n) is 2.66. The van der Waals surface area contributed by atoms with Crippen LogP contribution in [-0.4, -0.2) is 46.6 Å². The van der Waals surface area contributed by atoms with Gasteiger partial charge in [-0.1, -0.05) is 24.9 Å². The van der Waals surface area contributed by atoms with E-state index >= 15 is 0 Å². The lowest BCUT2D eigenvalue weighted by Crippen LogP contribution is -2.27. The minimum absolute atomic E-state index is 0.120. The summed E-state index contributed by atoms with van der Waals surface area (Å²) in [7, 11) is 0. The molecule has 1 aromatic carbocycles. The highest BCUT2D eigenvalue weighted by Gasteiger charge is 2.17. The largest absolute Gasteiger partial charge is 0.454 e. The molecule has 0 fully saturated rings. The second-order valence-electron chi connectivity index (χ2n) is 5.79. The molecule has 130 valence electrons. The van der Waals surface area contributed by atoms with Crippen molar-refractivity contribution in [1.29, 1.82) is 0 Å². The normalized spacial score (nSPS) is 13.0. The van der Waals surface area contributed by atoms with Crippen molar-refractivity contribution in [3.8, 4) is 22.9 Å². The van der Waals surface area contributed by atoms with E-state index in [1.165, 1.54) is 12.8 Å². The van der Waals surface area contributed by atoms with E-state index in [9.17, 15) is 5.11 Å². The second-order valence-corrected chi connectivity index (χ2v) is 5.79. The quantitative estimate of drug-likeness (QED) is 0.706. The molecule has 1 aliphatic heterocycles. The SMILES string of the molecule is CCCCCN(CCO)Cc1nc(-c2ccc3c(c2)OCO3)no1. The zero-order valence-corrected chi connectivity index (χ0v) is 13.9. The van der Waals surface area contributed by atoms with Crippen LogP contribution in [-0.2, 0) is 6.54 Å². The minimum atomic E-state index is 0.120. The highest BCUT2D eigenvalue weighted by Crippen LogP contribution is 2.35. The van der Waals surface area contributed by atoms with Crippen molar-refractivity contribution >= 4 is 0 Å². The van der Waals surface area contributed by atoms with Gasteiger partial charge in [0.1, 0.15) is 0 Å². The summed E-state index contributed by atoms with van der Waals surface area (Å²) >= 11 is 0. The number of fused-ring (bicyclic) bond motifs is 1. The summed E-state index contributed by atoms with van der Waals surface area (Å²) in [6.07, 6.45) is 3.44. The van der Waals surface area contributed by atoms with Gasteiger partial charge in [-0.3, -0.25) is 4.90 Å². The Morgan fingerprint density at radius 2 is 2.04 bits per heavy atom. The Hall–Kier alpha value is -2.12. The lowest BCUT2D eigenvalue weighted by atomic mass is 10.2. The summed E-state index contributed by atoms with van der Waals surface area (Å²) in [6.45, 7) is 4.59. The molecule has 0 spiro atoms. The first-order chi connectivity index (χ1) is 11.8. The van der Waals surface area contributed by atoms with E-state index in [-0.39, 0.29) is 13.4 Å². The van der Waals surface area contributed by atoms with Crippen molar-refractivity contribution in [2.45, 2.75) is 32.7 Å². The van der Waals surface area contributed by atoms with Crippen LogP contribution in [0.15, 0.2) is 22.7 Å². The molecule has 0 saturated carbocycles. The molecule has 0 bridgehead atoms. The lowest BCUT2D eigenvalue weighted by Gasteiger charge is -2.18. The van der Waals surface area contributed by atoms with Crippen molar-refractivity contribution in [2.24, 2.45) is 0 Å². The Morgan fingerprint density at radius 3 is 2.88 bits per heavy atom. The highest BCUT2D eigenvalue weighted by atomic mass is 16.7. The van der Waals surface area contributed by atoms with Crippen LogP contribution in [0.5, 0.6) is 11.5 Å². The first-order valence-electron chi connectivity index (χ1n) is 8.36. The molecular formula is C17H23N3O4. The van der Waals surface area contributed by atoms with Crippen LogP contribution in [0.3, 0.4) is 0 Å². The average Bonchev–Trinajstić information content (AvgIpc) is 3.23. The third-order valence-electron chi connectivity index (χ3n) is 3.95. The molecule has 3 rings (SSSR count). The van der Waals surface area contributed by atoms with E-state index in [0.717, 1.165) is 24.3 Å². The van der Waals surface area contributed by atoms with Gasteiger partial charge in [0.2, 0.25) is 18.5 Å². The van der Waals surface area contributed by atoms with Gasteiger partial charge >= 0.3 is 0 Å². The van der Waals surface area contributed by atoms with Gasteiger partial charge in [0.25, 0.3) is 0 Å². The van der Waals surface area contributed by atoms with Crippen LogP contribution in [0.25, 0.3) is 11.4 Å². The zero-order chi connectivity index (χ0) is 16.8. The van der Waals surface area contributed by atoms with Crippen molar-refractivity contribution in [1.82, 2.24) is 15.0 Å². The Balaban J connectivity index is 1.65. The minimum Gasteiger partial charge on any atom is -0.454 e. The van der Waals surface area contributed by atoms with Crippen molar-refractivity contribution in [2.75, 3.05) is 26.5 Å². The van der Waals surface area contributed by atoms with Crippen LogP contribution < -0.4 is 9.47 Å². The molecule has 1 aromatic heterocycles. The first kappa shape index (κ1) is 16.7. The molecule has 2 heterocycles. The fourth-order valence-corrected chi connectivity index (χ4v) is 2.66. The van der Waals surface area contributed by atoms with Crippen LogP contribution in [0.2, 0.25) is 0 Å². The Morgan fingerprint density at radius 1 is 1.17 bits per heavy atom. The molecular weight excluding hydrogens is 310 g/mol. The standard InChI is InChI=1S/C17H23N3O4/c1-2-3-4-7-20(8-9-21)11-16-18-17(19-24-16)13-5-6-14-15(10-13)23-12-22-14/h5-6,10,21H,2-4,7-9,11-12H2,1H3. The number of ether oxygens (including phenoxy) is 2. The molecule has 2 aromatic rings. The van der Waals surface area contributed by atoms with E-state index < -0.39 is 0 Å². The van der Waals surface area contributed by atoms with Crippen LogP contribution >= 0.6 is 0 Å².